The standard InChI is InChI=1S/C21H21NO3S/c1-22-18(13-14-19-7-5-15-26-19)6-3-4-8-20(23)16-9-11-17(12-10-16)21(24)25-2/h3-5,7,9-15H,6,8H2,1-2H3/b4-3?,14-13+,22-18?. The summed E-state index contributed by atoms with van der Waals surface area (Å²) in [7, 11) is 3.09. The number of rotatable bonds is 8. The van der Waals surface area contributed by atoms with E-state index in [0.717, 1.165) is 5.71 Å². The van der Waals surface area contributed by atoms with Crippen molar-refractivity contribution in [3.05, 3.63) is 76.0 Å². The van der Waals surface area contributed by atoms with Crippen molar-refractivity contribution in [3.63, 3.8) is 0 Å². The lowest BCUT2D eigenvalue weighted by atomic mass is 10.1. The van der Waals surface area contributed by atoms with Crippen molar-refractivity contribution in [1.29, 1.82) is 0 Å². The summed E-state index contributed by atoms with van der Waals surface area (Å²) in [6.45, 7) is 0. The van der Waals surface area contributed by atoms with Crippen molar-refractivity contribution in [2.24, 2.45) is 4.99 Å². The van der Waals surface area contributed by atoms with Gasteiger partial charge in [-0.05, 0) is 35.7 Å². The summed E-state index contributed by atoms with van der Waals surface area (Å²) in [6, 6.07) is 10.5. The SMILES string of the molecule is CN=C(/C=C/c1cccs1)CC=CCC(=O)c1ccc(C(=O)OC)cc1. The summed E-state index contributed by atoms with van der Waals surface area (Å²) >= 11 is 1.68. The lowest BCUT2D eigenvalue weighted by molar-refractivity contribution is 0.0600. The maximum absolute atomic E-state index is 12.2. The number of hydrogen-bond acceptors (Lipinski definition) is 5. The number of methoxy groups -OCH3 is 1. The minimum absolute atomic E-state index is 0.00165. The monoisotopic (exact) mass is 367 g/mol. The van der Waals surface area contributed by atoms with Crippen LogP contribution < -0.4 is 0 Å². The third-order valence-corrected chi connectivity index (χ3v) is 4.53. The average Bonchev–Trinajstić information content (AvgIpc) is 3.20. The number of carbonyl (C=O) groups is 2. The molecule has 0 amide bonds. The van der Waals surface area contributed by atoms with Crippen molar-refractivity contribution in [2.45, 2.75) is 12.8 Å². The molecule has 2 aromatic rings. The lowest BCUT2D eigenvalue weighted by Gasteiger charge is -2.01. The van der Waals surface area contributed by atoms with Gasteiger partial charge in [0, 0.05) is 36.0 Å². The fourth-order valence-electron chi connectivity index (χ4n) is 2.22. The molecule has 0 radical (unpaired) electrons. The minimum atomic E-state index is -0.411. The molecule has 1 aromatic heterocycles. The maximum Gasteiger partial charge on any atom is 0.337 e. The normalized spacial score (nSPS) is 12.0. The second-order valence-electron chi connectivity index (χ2n) is 5.44. The molecule has 134 valence electrons. The van der Waals surface area contributed by atoms with E-state index in [-0.39, 0.29) is 5.78 Å². The van der Waals surface area contributed by atoms with Crippen LogP contribution in [-0.4, -0.2) is 31.6 Å². The van der Waals surface area contributed by atoms with Crippen molar-refractivity contribution in [1.82, 2.24) is 0 Å². The number of esters is 1. The molecule has 0 saturated heterocycles. The van der Waals surface area contributed by atoms with E-state index in [1.807, 2.05) is 35.8 Å². The molecular formula is C21H21NO3S. The first-order valence-corrected chi connectivity index (χ1v) is 9.06. The van der Waals surface area contributed by atoms with Crippen molar-refractivity contribution >= 4 is 34.9 Å². The Kier molecular flexibility index (Phi) is 7.71. The first-order chi connectivity index (χ1) is 12.6. The molecule has 0 N–H and O–H groups in total. The van der Waals surface area contributed by atoms with Crippen LogP contribution in [0.2, 0.25) is 0 Å². The van der Waals surface area contributed by atoms with Gasteiger partial charge < -0.3 is 4.74 Å². The van der Waals surface area contributed by atoms with Crippen LogP contribution in [0.4, 0.5) is 0 Å². The van der Waals surface area contributed by atoms with Gasteiger partial charge in [0.05, 0.1) is 12.7 Å². The Morgan fingerprint density at radius 3 is 2.38 bits per heavy atom. The van der Waals surface area contributed by atoms with Crippen LogP contribution in [0.1, 0.15) is 38.4 Å². The number of Topliss-reactive ketones (excluding diaryl/α,β-unsaturated/α-hetero) is 1. The Balaban J connectivity index is 1.85. The number of thiophene rings is 1. The van der Waals surface area contributed by atoms with Gasteiger partial charge in [-0.2, -0.15) is 0 Å². The smallest absolute Gasteiger partial charge is 0.337 e. The molecule has 0 saturated carbocycles. The molecule has 4 nitrogen and oxygen atoms in total. The summed E-state index contributed by atoms with van der Waals surface area (Å²) in [6.07, 6.45) is 8.80. The van der Waals surface area contributed by atoms with Gasteiger partial charge in [0.2, 0.25) is 0 Å². The fourth-order valence-corrected chi connectivity index (χ4v) is 2.84. The zero-order valence-electron chi connectivity index (χ0n) is 14.8. The molecule has 5 heteroatoms. The second-order valence-corrected chi connectivity index (χ2v) is 6.41. The number of nitrogens with zero attached hydrogens (tertiary/aromatic N) is 1. The summed E-state index contributed by atoms with van der Waals surface area (Å²) in [5.41, 5.74) is 1.95. The quantitative estimate of drug-likeness (QED) is 0.290. The Hall–Kier alpha value is -2.79. The largest absolute Gasteiger partial charge is 0.465 e. The van der Waals surface area contributed by atoms with Gasteiger partial charge in [-0.3, -0.25) is 9.79 Å². The van der Waals surface area contributed by atoms with Gasteiger partial charge in [0.1, 0.15) is 0 Å². The van der Waals surface area contributed by atoms with E-state index in [2.05, 4.69) is 15.8 Å². The summed E-state index contributed by atoms with van der Waals surface area (Å²) in [5.74, 6) is -0.410. The third kappa shape index (κ3) is 5.93. The molecule has 1 aromatic carbocycles. The molecule has 0 spiro atoms. The van der Waals surface area contributed by atoms with Gasteiger partial charge in [-0.15, -0.1) is 11.3 Å². The topological polar surface area (TPSA) is 55.7 Å². The third-order valence-electron chi connectivity index (χ3n) is 3.70. The molecule has 0 fully saturated rings. The predicted molar refractivity (Wildman–Crippen MR) is 107 cm³/mol. The summed E-state index contributed by atoms with van der Waals surface area (Å²) in [4.78, 5) is 29.0. The van der Waals surface area contributed by atoms with Crippen molar-refractivity contribution in [3.8, 4) is 0 Å². The predicted octanol–water partition coefficient (Wildman–Crippen LogP) is 4.84. The molecule has 0 aliphatic carbocycles. The maximum atomic E-state index is 12.2. The highest BCUT2D eigenvalue weighted by molar-refractivity contribution is 7.10. The van der Waals surface area contributed by atoms with Crippen LogP contribution in [0.25, 0.3) is 6.08 Å². The Bertz CT molecular complexity index is 815. The van der Waals surface area contributed by atoms with Gasteiger partial charge in [0.25, 0.3) is 0 Å². The van der Waals surface area contributed by atoms with E-state index in [1.54, 1.807) is 42.6 Å². The van der Waals surface area contributed by atoms with Crippen LogP contribution in [0.3, 0.4) is 0 Å². The lowest BCUT2D eigenvalue weighted by Crippen LogP contribution is -2.03. The average molecular weight is 367 g/mol. The molecule has 1 heterocycles. The zero-order valence-corrected chi connectivity index (χ0v) is 15.7. The van der Waals surface area contributed by atoms with E-state index in [1.165, 1.54) is 12.0 Å². The number of aliphatic imine (C=N–C) groups is 1. The van der Waals surface area contributed by atoms with Gasteiger partial charge >= 0.3 is 5.97 Å². The van der Waals surface area contributed by atoms with E-state index >= 15 is 0 Å². The number of hydrogen-bond donors (Lipinski definition) is 0. The van der Waals surface area contributed by atoms with Crippen molar-refractivity contribution < 1.29 is 14.3 Å². The molecule has 0 bridgehead atoms. The van der Waals surface area contributed by atoms with Gasteiger partial charge in [-0.1, -0.05) is 30.4 Å². The molecule has 0 atom stereocenters. The first kappa shape index (κ1) is 19.5. The molecule has 0 aliphatic rings. The highest BCUT2D eigenvalue weighted by Crippen LogP contribution is 2.11. The van der Waals surface area contributed by atoms with E-state index in [4.69, 9.17) is 0 Å². The zero-order chi connectivity index (χ0) is 18.8. The van der Waals surface area contributed by atoms with Gasteiger partial charge in [-0.25, -0.2) is 4.79 Å². The minimum Gasteiger partial charge on any atom is -0.465 e. The number of ether oxygens (including phenoxy) is 1. The van der Waals surface area contributed by atoms with Crippen LogP contribution in [0, 0.1) is 0 Å². The Morgan fingerprint density at radius 2 is 1.77 bits per heavy atom. The van der Waals surface area contributed by atoms with Gasteiger partial charge in [0.15, 0.2) is 5.78 Å². The second kappa shape index (κ2) is 10.3. The first-order valence-electron chi connectivity index (χ1n) is 8.18. The summed E-state index contributed by atoms with van der Waals surface area (Å²) < 4.78 is 4.64. The molecule has 2 rings (SSSR count). The van der Waals surface area contributed by atoms with E-state index in [9.17, 15) is 9.59 Å². The Labute approximate surface area is 157 Å². The molecule has 0 unspecified atom stereocenters. The molecule has 0 aliphatic heterocycles. The Morgan fingerprint density at radius 1 is 1.08 bits per heavy atom. The van der Waals surface area contributed by atoms with Crippen LogP contribution in [0.5, 0.6) is 0 Å². The van der Waals surface area contributed by atoms with Crippen LogP contribution in [-0.2, 0) is 4.74 Å². The van der Waals surface area contributed by atoms with Crippen LogP contribution in [0.15, 0.2) is 65.0 Å². The molecular weight excluding hydrogens is 346 g/mol. The fraction of sp³-hybridized carbons (Fsp3) is 0.190. The highest BCUT2D eigenvalue weighted by Gasteiger charge is 2.07. The summed E-state index contributed by atoms with van der Waals surface area (Å²) in [5, 5.41) is 2.03. The number of benzene rings is 1. The number of allylic oxidation sites excluding steroid dienone is 3. The molecule has 26 heavy (non-hydrogen) atoms. The number of carbonyl (C=O) groups excluding carboxylic acids is 2. The van der Waals surface area contributed by atoms with E-state index in [0.29, 0.717) is 24.0 Å². The number of ketones is 1. The van der Waals surface area contributed by atoms with Crippen LogP contribution >= 0.6 is 11.3 Å². The van der Waals surface area contributed by atoms with E-state index < -0.39 is 5.97 Å². The van der Waals surface area contributed by atoms with Crippen molar-refractivity contribution in [2.75, 3.05) is 14.2 Å². The highest BCUT2D eigenvalue weighted by atomic mass is 32.1.